The van der Waals surface area contributed by atoms with Gasteiger partial charge < -0.3 is 9.84 Å². The summed E-state index contributed by atoms with van der Waals surface area (Å²) >= 11 is 0. The molecule has 2 aromatic rings. The van der Waals surface area contributed by atoms with E-state index in [4.69, 9.17) is 9.84 Å². The van der Waals surface area contributed by atoms with Gasteiger partial charge in [-0.05, 0) is 41.8 Å². The van der Waals surface area contributed by atoms with Crippen LogP contribution in [0.2, 0.25) is 0 Å². The predicted octanol–water partition coefficient (Wildman–Crippen LogP) is 4.14. The molecule has 0 aliphatic heterocycles. The smallest absolute Gasteiger partial charge is 0.328 e. The first-order valence-corrected chi connectivity index (χ1v) is 6.46. The first kappa shape index (κ1) is 13.9. The third kappa shape index (κ3) is 3.72. The van der Waals surface area contributed by atoms with Gasteiger partial charge in [0.25, 0.3) is 0 Å². The summed E-state index contributed by atoms with van der Waals surface area (Å²) in [5.74, 6) is 0.556. The van der Waals surface area contributed by atoms with E-state index in [1.54, 1.807) is 6.08 Å². The molecule has 0 aliphatic rings. The summed E-state index contributed by atoms with van der Waals surface area (Å²) in [6.45, 7) is 2.08. The Morgan fingerprint density at radius 1 is 1.20 bits per heavy atom. The molecule has 102 valence electrons. The Bertz CT molecular complexity index is 630. The number of ether oxygens (including phenoxy) is 1. The van der Waals surface area contributed by atoms with Crippen molar-refractivity contribution >= 4 is 12.0 Å². The Labute approximate surface area is 118 Å². The number of para-hydroxylation sites is 1. The monoisotopic (exact) mass is 268 g/mol. The number of rotatable bonds is 5. The van der Waals surface area contributed by atoms with E-state index in [-0.39, 0.29) is 0 Å². The molecule has 0 fully saturated rings. The van der Waals surface area contributed by atoms with Gasteiger partial charge in [0.15, 0.2) is 0 Å². The number of benzene rings is 2. The topological polar surface area (TPSA) is 46.5 Å². The Balaban J connectivity index is 2.21. The zero-order chi connectivity index (χ0) is 14.4. The van der Waals surface area contributed by atoms with Gasteiger partial charge in [-0.15, -0.1) is 0 Å². The van der Waals surface area contributed by atoms with Crippen molar-refractivity contribution in [3.05, 3.63) is 65.7 Å². The fourth-order valence-corrected chi connectivity index (χ4v) is 1.87. The SMILES string of the molecule is CCc1ccccc1Oc1cccc(C=CC(=O)O)c1. The molecule has 0 aliphatic carbocycles. The van der Waals surface area contributed by atoms with E-state index in [1.807, 2.05) is 48.5 Å². The van der Waals surface area contributed by atoms with Crippen LogP contribution in [0.3, 0.4) is 0 Å². The number of aryl methyl sites for hydroxylation is 1. The zero-order valence-electron chi connectivity index (χ0n) is 11.2. The molecule has 20 heavy (non-hydrogen) atoms. The molecule has 0 saturated carbocycles. The number of hydrogen-bond acceptors (Lipinski definition) is 2. The van der Waals surface area contributed by atoms with Gasteiger partial charge in [-0.1, -0.05) is 37.3 Å². The fourth-order valence-electron chi connectivity index (χ4n) is 1.87. The molecule has 2 rings (SSSR count). The second-order valence-corrected chi connectivity index (χ2v) is 4.31. The summed E-state index contributed by atoms with van der Waals surface area (Å²) in [5, 5.41) is 8.63. The van der Waals surface area contributed by atoms with Crippen molar-refractivity contribution in [2.75, 3.05) is 0 Å². The van der Waals surface area contributed by atoms with Crippen LogP contribution in [0.4, 0.5) is 0 Å². The van der Waals surface area contributed by atoms with Gasteiger partial charge in [0.05, 0.1) is 0 Å². The molecule has 0 amide bonds. The second-order valence-electron chi connectivity index (χ2n) is 4.31. The van der Waals surface area contributed by atoms with Gasteiger partial charge in [-0.2, -0.15) is 0 Å². The standard InChI is InChI=1S/C17H16O3/c1-2-14-7-3-4-9-16(14)20-15-8-5-6-13(12-15)10-11-17(18)19/h3-12H,2H2,1H3,(H,18,19). The summed E-state index contributed by atoms with van der Waals surface area (Å²) < 4.78 is 5.87. The van der Waals surface area contributed by atoms with Crippen molar-refractivity contribution < 1.29 is 14.6 Å². The van der Waals surface area contributed by atoms with Crippen LogP contribution in [-0.4, -0.2) is 11.1 Å². The van der Waals surface area contributed by atoms with Crippen molar-refractivity contribution in [3.63, 3.8) is 0 Å². The van der Waals surface area contributed by atoms with E-state index < -0.39 is 5.97 Å². The molecule has 0 atom stereocenters. The summed E-state index contributed by atoms with van der Waals surface area (Å²) in [7, 11) is 0. The van der Waals surface area contributed by atoms with Crippen LogP contribution in [0.25, 0.3) is 6.08 Å². The largest absolute Gasteiger partial charge is 0.478 e. The predicted molar refractivity (Wildman–Crippen MR) is 79.0 cm³/mol. The van der Waals surface area contributed by atoms with Crippen LogP contribution >= 0.6 is 0 Å². The lowest BCUT2D eigenvalue weighted by atomic mass is 10.1. The van der Waals surface area contributed by atoms with Crippen molar-refractivity contribution in [1.29, 1.82) is 0 Å². The third-order valence-electron chi connectivity index (χ3n) is 2.86. The molecular weight excluding hydrogens is 252 g/mol. The molecule has 1 N–H and O–H groups in total. The van der Waals surface area contributed by atoms with Crippen molar-refractivity contribution in [2.45, 2.75) is 13.3 Å². The number of hydrogen-bond donors (Lipinski definition) is 1. The van der Waals surface area contributed by atoms with Gasteiger partial charge in [0.1, 0.15) is 11.5 Å². The maximum Gasteiger partial charge on any atom is 0.328 e. The average Bonchev–Trinajstić information content (AvgIpc) is 2.46. The minimum atomic E-state index is -0.965. The number of aliphatic carboxylic acids is 1. The molecule has 3 heteroatoms. The minimum Gasteiger partial charge on any atom is -0.478 e. The van der Waals surface area contributed by atoms with E-state index in [1.165, 1.54) is 0 Å². The lowest BCUT2D eigenvalue weighted by molar-refractivity contribution is -0.131. The molecular formula is C17H16O3. The lowest BCUT2D eigenvalue weighted by Crippen LogP contribution is -1.90. The van der Waals surface area contributed by atoms with E-state index in [0.717, 1.165) is 29.4 Å². The molecule has 0 aromatic heterocycles. The van der Waals surface area contributed by atoms with Gasteiger partial charge in [-0.25, -0.2) is 4.79 Å². The minimum absolute atomic E-state index is 0.693. The van der Waals surface area contributed by atoms with Crippen LogP contribution in [0.5, 0.6) is 11.5 Å². The lowest BCUT2D eigenvalue weighted by Gasteiger charge is -2.10. The second kappa shape index (κ2) is 6.57. The van der Waals surface area contributed by atoms with Crippen molar-refractivity contribution in [1.82, 2.24) is 0 Å². The van der Waals surface area contributed by atoms with Crippen LogP contribution in [0.15, 0.2) is 54.6 Å². The fraction of sp³-hybridized carbons (Fsp3) is 0.118. The highest BCUT2D eigenvalue weighted by atomic mass is 16.5. The first-order chi connectivity index (χ1) is 9.69. The summed E-state index contributed by atoms with van der Waals surface area (Å²) in [5.41, 5.74) is 1.93. The molecule has 0 saturated heterocycles. The van der Waals surface area contributed by atoms with Crippen LogP contribution in [0, 0.1) is 0 Å². The summed E-state index contributed by atoms with van der Waals surface area (Å²) in [6, 6.07) is 15.2. The summed E-state index contributed by atoms with van der Waals surface area (Å²) in [6.07, 6.45) is 3.55. The molecule has 0 radical (unpaired) electrons. The van der Waals surface area contributed by atoms with Crippen LogP contribution in [-0.2, 0) is 11.2 Å². The molecule has 2 aromatic carbocycles. The highest BCUT2D eigenvalue weighted by molar-refractivity contribution is 5.85. The Kier molecular flexibility index (Phi) is 4.56. The number of carboxylic acid groups (broad SMARTS) is 1. The average molecular weight is 268 g/mol. The maximum absolute atomic E-state index is 10.5. The van der Waals surface area contributed by atoms with E-state index in [9.17, 15) is 4.79 Å². The molecule has 0 unspecified atom stereocenters. The van der Waals surface area contributed by atoms with Gasteiger partial charge in [0.2, 0.25) is 0 Å². The maximum atomic E-state index is 10.5. The van der Waals surface area contributed by atoms with Crippen molar-refractivity contribution in [3.8, 4) is 11.5 Å². The number of carbonyl (C=O) groups is 1. The Hall–Kier alpha value is -2.55. The molecule has 0 heterocycles. The quantitative estimate of drug-likeness (QED) is 0.829. The Morgan fingerprint density at radius 3 is 2.75 bits per heavy atom. The number of carboxylic acids is 1. The van der Waals surface area contributed by atoms with Gasteiger partial charge >= 0.3 is 5.97 Å². The van der Waals surface area contributed by atoms with E-state index in [0.29, 0.717) is 5.75 Å². The van der Waals surface area contributed by atoms with Gasteiger partial charge in [-0.3, -0.25) is 0 Å². The highest BCUT2D eigenvalue weighted by Crippen LogP contribution is 2.26. The molecule has 0 spiro atoms. The summed E-state index contributed by atoms with van der Waals surface area (Å²) in [4.78, 5) is 10.5. The Morgan fingerprint density at radius 2 is 2.00 bits per heavy atom. The van der Waals surface area contributed by atoms with E-state index >= 15 is 0 Å². The highest BCUT2D eigenvalue weighted by Gasteiger charge is 2.02. The zero-order valence-corrected chi connectivity index (χ0v) is 11.2. The van der Waals surface area contributed by atoms with Crippen LogP contribution < -0.4 is 4.74 Å². The van der Waals surface area contributed by atoms with E-state index in [2.05, 4.69) is 6.92 Å². The molecule has 0 bridgehead atoms. The van der Waals surface area contributed by atoms with Crippen LogP contribution in [0.1, 0.15) is 18.1 Å². The van der Waals surface area contributed by atoms with Crippen molar-refractivity contribution in [2.24, 2.45) is 0 Å². The third-order valence-corrected chi connectivity index (χ3v) is 2.86. The molecule has 3 nitrogen and oxygen atoms in total. The first-order valence-electron chi connectivity index (χ1n) is 6.46. The van der Waals surface area contributed by atoms with Gasteiger partial charge in [0, 0.05) is 6.08 Å². The normalized spacial score (nSPS) is 10.7.